The van der Waals surface area contributed by atoms with Crippen LogP contribution >= 0.6 is 27.3 Å². The second kappa shape index (κ2) is 8.28. The summed E-state index contributed by atoms with van der Waals surface area (Å²) in [6.45, 7) is 7.94. The highest BCUT2D eigenvalue weighted by Crippen LogP contribution is 2.32. The summed E-state index contributed by atoms with van der Waals surface area (Å²) in [6, 6.07) is 4.95. The van der Waals surface area contributed by atoms with Crippen molar-refractivity contribution in [3.05, 3.63) is 20.8 Å². The van der Waals surface area contributed by atoms with Gasteiger partial charge in [-0.05, 0) is 53.4 Å². The molecule has 0 amide bonds. The summed E-state index contributed by atoms with van der Waals surface area (Å²) in [6.07, 6.45) is 5.03. The smallest absolute Gasteiger partial charge is 0.0701 e. The van der Waals surface area contributed by atoms with E-state index >= 15 is 0 Å². The lowest BCUT2D eigenvalue weighted by Crippen LogP contribution is -2.23. The Morgan fingerprint density at radius 3 is 2.41 bits per heavy atom. The molecule has 17 heavy (non-hydrogen) atoms. The molecular formula is C14H24BrNS. The maximum atomic E-state index is 3.69. The van der Waals surface area contributed by atoms with Gasteiger partial charge in [0, 0.05) is 10.9 Å². The van der Waals surface area contributed by atoms with E-state index in [4.69, 9.17) is 0 Å². The summed E-state index contributed by atoms with van der Waals surface area (Å²) in [7, 11) is 0. The molecular weight excluding hydrogens is 294 g/mol. The van der Waals surface area contributed by atoms with Gasteiger partial charge in [0.1, 0.15) is 0 Å². The second-order valence-electron chi connectivity index (χ2n) is 4.57. The Labute approximate surface area is 118 Å². The third kappa shape index (κ3) is 5.11. The minimum Gasteiger partial charge on any atom is -0.309 e. The highest BCUT2D eigenvalue weighted by Gasteiger charge is 2.17. The zero-order chi connectivity index (χ0) is 12.7. The molecule has 1 aromatic heterocycles. The molecule has 0 bridgehead atoms. The molecule has 1 N–H and O–H groups in total. The molecule has 1 aromatic rings. The summed E-state index contributed by atoms with van der Waals surface area (Å²) in [5, 5.41) is 3.69. The van der Waals surface area contributed by atoms with Crippen LogP contribution in [0, 0.1) is 5.92 Å². The Kier molecular flexibility index (Phi) is 7.40. The number of hydrogen-bond donors (Lipinski definition) is 1. The molecule has 0 aliphatic heterocycles. The van der Waals surface area contributed by atoms with Gasteiger partial charge in [0.05, 0.1) is 3.79 Å². The zero-order valence-corrected chi connectivity index (χ0v) is 13.5. The minimum atomic E-state index is 0.538. The van der Waals surface area contributed by atoms with Gasteiger partial charge in [0.25, 0.3) is 0 Å². The largest absolute Gasteiger partial charge is 0.309 e. The van der Waals surface area contributed by atoms with Crippen molar-refractivity contribution in [3.63, 3.8) is 0 Å². The molecule has 0 aromatic carbocycles. The van der Waals surface area contributed by atoms with Crippen LogP contribution in [0.1, 0.15) is 57.4 Å². The Bertz CT molecular complexity index is 307. The van der Waals surface area contributed by atoms with Crippen LogP contribution in [0.2, 0.25) is 0 Å². The summed E-state index contributed by atoms with van der Waals surface area (Å²) in [5.41, 5.74) is 0. The molecule has 0 aliphatic carbocycles. The van der Waals surface area contributed by atoms with Crippen molar-refractivity contribution in [1.29, 1.82) is 0 Å². The summed E-state index contributed by atoms with van der Waals surface area (Å²) in [5.74, 6) is 0.838. The Morgan fingerprint density at radius 1 is 1.24 bits per heavy atom. The molecule has 0 aliphatic rings. The molecule has 0 radical (unpaired) electrons. The van der Waals surface area contributed by atoms with Gasteiger partial charge in [-0.15, -0.1) is 11.3 Å². The van der Waals surface area contributed by atoms with Crippen molar-refractivity contribution in [3.8, 4) is 0 Å². The summed E-state index contributed by atoms with van der Waals surface area (Å²) < 4.78 is 1.24. The first kappa shape index (κ1) is 15.2. The van der Waals surface area contributed by atoms with E-state index in [1.165, 1.54) is 34.3 Å². The Hall–Kier alpha value is 0.140. The molecule has 3 heteroatoms. The Morgan fingerprint density at radius 2 is 1.94 bits per heavy atom. The zero-order valence-electron chi connectivity index (χ0n) is 11.1. The van der Waals surface area contributed by atoms with E-state index < -0.39 is 0 Å². The van der Waals surface area contributed by atoms with Crippen LogP contribution in [0.15, 0.2) is 15.9 Å². The lowest BCUT2D eigenvalue weighted by molar-refractivity contribution is 0.374. The SMILES string of the molecule is CCCNC(CC(CC)CC)c1ccc(Br)s1. The van der Waals surface area contributed by atoms with Crippen molar-refractivity contribution in [2.75, 3.05) is 6.54 Å². The molecule has 0 spiro atoms. The molecule has 0 saturated carbocycles. The lowest BCUT2D eigenvalue weighted by Gasteiger charge is -2.22. The number of halogens is 1. The molecule has 1 heterocycles. The lowest BCUT2D eigenvalue weighted by atomic mass is 9.94. The third-order valence-electron chi connectivity index (χ3n) is 3.30. The summed E-state index contributed by atoms with van der Waals surface area (Å²) in [4.78, 5) is 1.47. The number of thiophene rings is 1. The van der Waals surface area contributed by atoms with E-state index in [1.807, 2.05) is 11.3 Å². The van der Waals surface area contributed by atoms with Crippen molar-refractivity contribution in [1.82, 2.24) is 5.32 Å². The normalized spacial score (nSPS) is 13.2. The average Bonchev–Trinajstić information content (AvgIpc) is 2.76. The van der Waals surface area contributed by atoms with Crippen LogP contribution < -0.4 is 5.32 Å². The third-order valence-corrected chi connectivity index (χ3v) is 5.04. The minimum absolute atomic E-state index is 0.538. The first-order chi connectivity index (χ1) is 8.21. The fourth-order valence-electron chi connectivity index (χ4n) is 2.09. The van der Waals surface area contributed by atoms with Crippen LogP contribution in [-0.4, -0.2) is 6.54 Å². The van der Waals surface area contributed by atoms with Gasteiger partial charge in [0.15, 0.2) is 0 Å². The molecule has 0 fully saturated rings. The van der Waals surface area contributed by atoms with Crippen LogP contribution in [0.25, 0.3) is 0 Å². The van der Waals surface area contributed by atoms with E-state index in [2.05, 4.69) is 54.2 Å². The number of rotatable bonds is 8. The first-order valence-corrected chi connectivity index (χ1v) is 8.30. The monoisotopic (exact) mass is 317 g/mol. The number of nitrogens with one attached hydrogen (secondary N) is 1. The molecule has 98 valence electrons. The standard InChI is InChI=1S/C14H24BrNS/c1-4-9-16-12(10-11(5-2)6-3)13-7-8-14(15)17-13/h7-8,11-12,16H,4-6,9-10H2,1-3H3. The topological polar surface area (TPSA) is 12.0 Å². The van der Waals surface area contributed by atoms with Gasteiger partial charge in [-0.2, -0.15) is 0 Å². The van der Waals surface area contributed by atoms with Crippen LogP contribution in [0.4, 0.5) is 0 Å². The maximum Gasteiger partial charge on any atom is 0.0701 e. The van der Waals surface area contributed by atoms with Crippen molar-refractivity contribution >= 4 is 27.3 Å². The van der Waals surface area contributed by atoms with Crippen molar-refractivity contribution < 1.29 is 0 Å². The van der Waals surface area contributed by atoms with Crippen molar-refractivity contribution in [2.45, 2.75) is 52.5 Å². The van der Waals surface area contributed by atoms with E-state index in [9.17, 15) is 0 Å². The fraction of sp³-hybridized carbons (Fsp3) is 0.714. The predicted octanol–water partition coefficient (Wildman–Crippen LogP) is 5.38. The van der Waals surface area contributed by atoms with Crippen LogP contribution in [0.5, 0.6) is 0 Å². The highest BCUT2D eigenvalue weighted by molar-refractivity contribution is 9.11. The number of hydrogen-bond acceptors (Lipinski definition) is 2. The molecule has 1 unspecified atom stereocenters. The van der Waals surface area contributed by atoms with Gasteiger partial charge in [-0.25, -0.2) is 0 Å². The Balaban J connectivity index is 2.66. The van der Waals surface area contributed by atoms with E-state index in [0.717, 1.165) is 12.5 Å². The van der Waals surface area contributed by atoms with E-state index in [-0.39, 0.29) is 0 Å². The second-order valence-corrected chi connectivity index (χ2v) is 7.06. The molecule has 1 atom stereocenters. The van der Waals surface area contributed by atoms with E-state index in [1.54, 1.807) is 0 Å². The predicted molar refractivity (Wildman–Crippen MR) is 81.7 cm³/mol. The van der Waals surface area contributed by atoms with Crippen LogP contribution in [0.3, 0.4) is 0 Å². The molecule has 1 rings (SSSR count). The maximum absolute atomic E-state index is 3.69. The van der Waals surface area contributed by atoms with Gasteiger partial charge < -0.3 is 5.32 Å². The first-order valence-electron chi connectivity index (χ1n) is 6.69. The highest BCUT2D eigenvalue weighted by atomic mass is 79.9. The molecule has 0 saturated heterocycles. The van der Waals surface area contributed by atoms with Gasteiger partial charge in [0.2, 0.25) is 0 Å². The van der Waals surface area contributed by atoms with Gasteiger partial charge >= 0.3 is 0 Å². The summed E-state index contributed by atoms with van der Waals surface area (Å²) >= 11 is 5.42. The van der Waals surface area contributed by atoms with Gasteiger partial charge in [-0.3, -0.25) is 0 Å². The molecule has 1 nitrogen and oxygen atoms in total. The van der Waals surface area contributed by atoms with E-state index in [0.29, 0.717) is 6.04 Å². The average molecular weight is 318 g/mol. The fourth-order valence-corrected chi connectivity index (χ4v) is 3.60. The van der Waals surface area contributed by atoms with Crippen molar-refractivity contribution in [2.24, 2.45) is 5.92 Å². The van der Waals surface area contributed by atoms with Crippen LogP contribution in [-0.2, 0) is 0 Å². The van der Waals surface area contributed by atoms with Gasteiger partial charge in [-0.1, -0.05) is 33.6 Å². The quantitative estimate of drug-likeness (QED) is 0.679.